The molecule has 2 aliphatic rings. The zero-order chi connectivity index (χ0) is 9.97. The van der Waals surface area contributed by atoms with Crippen LogP contribution in [0.3, 0.4) is 0 Å². The van der Waals surface area contributed by atoms with E-state index in [4.69, 9.17) is 5.73 Å². The average molecular weight is 234 g/mol. The van der Waals surface area contributed by atoms with Crippen LogP contribution >= 0.6 is 12.4 Å². The number of halogens is 1. The number of nitrogens with one attached hydrogen (secondary N) is 1. The fourth-order valence-corrected chi connectivity index (χ4v) is 2.33. The molecule has 0 aliphatic carbocycles. The van der Waals surface area contributed by atoms with Gasteiger partial charge in [0.25, 0.3) is 0 Å². The first-order valence-electron chi connectivity index (χ1n) is 5.52. The van der Waals surface area contributed by atoms with Crippen molar-refractivity contribution in [2.45, 2.75) is 25.3 Å². The molecular formula is C10H20ClN3O. The fourth-order valence-electron chi connectivity index (χ4n) is 2.33. The van der Waals surface area contributed by atoms with Gasteiger partial charge in [0.05, 0.1) is 5.92 Å². The summed E-state index contributed by atoms with van der Waals surface area (Å²) in [5.74, 6) is 0.519. The lowest BCUT2D eigenvalue weighted by molar-refractivity contribution is -0.136. The van der Waals surface area contributed by atoms with E-state index in [0.29, 0.717) is 5.91 Å². The van der Waals surface area contributed by atoms with E-state index in [1.54, 1.807) is 0 Å². The Labute approximate surface area is 97.0 Å². The number of hydrogen-bond acceptors (Lipinski definition) is 3. The van der Waals surface area contributed by atoms with E-state index in [1.807, 2.05) is 4.90 Å². The molecule has 1 amide bonds. The van der Waals surface area contributed by atoms with Gasteiger partial charge in [0.2, 0.25) is 5.91 Å². The number of likely N-dealkylation sites (tertiary alicyclic amines) is 1. The molecule has 3 N–H and O–H groups in total. The number of carbonyl (C=O) groups is 1. The molecule has 0 spiro atoms. The van der Waals surface area contributed by atoms with Crippen LogP contribution in [0.1, 0.15) is 19.3 Å². The molecule has 2 atom stereocenters. The molecule has 2 aliphatic heterocycles. The molecule has 15 heavy (non-hydrogen) atoms. The maximum Gasteiger partial charge on any atom is 0.227 e. The summed E-state index contributed by atoms with van der Waals surface area (Å²) in [6.07, 6.45) is 3.12. The standard InChI is InChI=1S/C10H19N3O.ClH/c11-9-2-1-5-13(7-9)10(14)8-3-4-12-6-8;/h8-9,12H,1-7,11H2;1H/t8-,9?;/m1./s1. The highest BCUT2D eigenvalue weighted by atomic mass is 35.5. The highest BCUT2D eigenvalue weighted by Gasteiger charge is 2.29. The van der Waals surface area contributed by atoms with Gasteiger partial charge < -0.3 is 16.0 Å². The maximum absolute atomic E-state index is 12.0. The van der Waals surface area contributed by atoms with Crippen molar-refractivity contribution in [2.75, 3.05) is 26.2 Å². The Morgan fingerprint density at radius 2 is 2.20 bits per heavy atom. The van der Waals surface area contributed by atoms with Crippen molar-refractivity contribution < 1.29 is 4.79 Å². The topological polar surface area (TPSA) is 58.4 Å². The van der Waals surface area contributed by atoms with Crippen LogP contribution in [-0.4, -0.2) is 43.0 Å². The third-order valence-electron chi connectivity index (χ3n) is 3.18. The number of rotatable bonds is 1. The summed E-state index contributed by atoms with van der Waals surface area (Å²) in [6.45, 7) is 3.50. The normalized spacial score (nSPS) is 31.1. The third kappa shape index (κ3) is 3.06. The molecule has 0 saturated carbocycles. The molecule has 2 fully saturated rings. The number of piperidine rings is 1. The molecule has 0 aromatic heterocycles. The second kappa shape index (κ2) is 5.68. The average Bonchev–Trinajstić information content (AvgIpc) is 2.69. The van der Waals surface area contributed by atoms with Crippen molar-refractivity contribution in [3.63, 3.8) is 0 Å². The zero-order valence-corrected chi connectivity index (χ0v) is 9.76. The summed E-state index contributed by atoms with van der Waals surface area (Å²) in [4.78, 5) is 13.9. The van der Waals surface area contributed by atoms with Gasteiger partial charge in [0, 0.05) is 25.7 Å². The third-order valence-corrected chi connectivity index (χ3v) is 3.18. The molecule has 4 nitrogen and oxygen atoms in total. The smallest absolute Gasteiger partial charge is 0.227 e. The molecule has 0 aromatic rings. The Bertz CT molecular complexity index is 219. The van der Waals surface area contributed by atoms with Gasteiger partial charge in [-0.05, 0) is 25.8 Å². The van der Waals surface area contributed by atoms with Gasteiger partial charge in [-0.25, -0.2) is 0 Å². The van der Waals surface area contributed by atoms with Gasteiger partial charge in [0.15, 0.2) is 0 Å². The molecule has 2 rings (SSSR count). The van der Waals surface area contributed by atoms with Crippen molar-refractivity contribution in [3.05, 3.63) is 0 Å². The SMILES string of the molecule is Cl.NC1CCCN(C(=O)[C@@H]2CCNC2)C1. The van der Waals surface area contributed by atoms with E-state index < -0.39 is 0 Å². The molecule has 0 aromatic carbocycles. The molecular weight excluding hydrogens is 214 g/mol. The van der Waals surface area contributed by atoms with Crippen LogP contribution in [0.5, 0.6) is 0 Å². The molecule has 0 radical (unpaired) electrons. The summed E-state index contributed by atoms with van der Waals surface area (Å²) in [7, 11) is 0. The van der Waals surface area contributed by atoms with Gasteiger partial charge >= 0.3 is 0 Å². The van der Waals surface area contributed by atoms with Gasteiger partial charge in [-0.2, -0.15) is 0 Å². The molecule has 0 bridgehead atoms. The predicted octanol–water partition coefficient (Wildman–Crippen LogP) is -0.0326. The van der Waals surface area contributed by atoms with Crippen molar-refractivity contribution in [1.82, 2.24) is 10.2 Å². The van der Waals surface area contributed by atoms with Crippen LogP contribution in [-0.2, 0) is 4.79 Å². The van der Waals surface area contributed by atoms with Crippen LogP contribution in [0.4, 0.5) is 0 Å². The summed E-state index contributed by atoms with van der Waals surface area (Å²) in [5, 5.41) is 3.22. The lowest BCUT2D eigenvalue weighted by Gasteiger charge is -2.32. The molecule has 88 valence electrons. The largest absolute Gasteiger partial charge is 0.341 e. The first kappa shape index (κ1) is 12.7. The highest BCUT2D eigenvalue weighted by molar-refractivity contribution is 5.85. The Morgan fingerprint density at radius 1 is 1.40 bits per heavy atom. The van der Waals surface area contributed by atoms with Crippen LogP contribution in [0.15, 0.2) is 0 Å². The van der Waals surface area contributed by atoms with E-state index in [9.17, 15) is 4.79 Å². The summed E-state index contributed by atoms with van der Waals surface area (Å²) in [5.41, 5.74) is 5.85. The van der Waals surface area contributed by atoms with E-state index in [-0.39, 0.29) is 24.4 Å². The van der Waals surface area contributed by atoms with Crippen LogP contribution in [0.25, 0.3) is 0 Å². The predicted molar refractivity (Wildman–Crippen MR) is 62.0 cm³/mol. The number of carbonyl (C=O) groups excluding carboxylic acids is 1. The molecule has 2 heterocycles. The minimum Gasteiger partial charge on any atom is -0.341 e. The quantitative estimate of drug-likeness (QED) is 0.669. The zero-order valence-electron chi connectivity index (χ0n) is 8.95. The van der Waals surface area contributed by atoms with E-state index >= 15 is 0 Å². The van der Waals surface area contributed by atoms with E-state index in [2.05, 4.69) is 5.32 Å². The van der Waals surface area contributed by atoms with Crippen LogP contribution < -0.4 is 11.1 Å². The summed E-state index contributed by atoms with van der Waals surface area (Å²) < 4.78 is 0. The molecule has 2 saturated heterocycles. The Hall–Kier alpha value is -0.320. The van der Waals surface area contributed by atoms with Crippen molar-refractivity contribution in [3.8, 4) is 0 Å². The van der Waals surface area contributed by atoms with Crippen molar-refractivity contribution >= 4 is 18.3 Å². The van der Waals surface area contributed by atoms with E-state index in [1.165, 1.54) is 0 Å². The van der Waals surface area contributed by atoms with Crippen molar-refractivity contribution in [1.29, 1.82) is 0 Å². The van der Waals surface area contributed by atoms with Gasteiger partial charge in [-0.1, -0.05) is 0 Å². The first-order chi connectivity index (χ1) is 6.77. The molecule has 1 unspecified atom stereocenters. The van der Waals surface area contributed by atoms with Crippen LogP contribution in [0, 0.1) is 5.92 Å². The van der Waals surface area contributed by atoms with Crippen LogP contribution in [0.2, 0.25) is 0 Å². The summed E-state index contributed by atoms with van der Waals surface area (Å²) in [6, 6.07) is 0.196. The Kier molecular flexibility index (Phi) is 4.83. The van der Waals surface area contributed by atoms with Gasteiger partial charge in [-0.15, -0.1) is 12.4 Å². The molecule has 5 heteroatoms. The monoisotopic (exact) mass is 233 g/mol. The van der Waals surface area contributed by atoms with Gasteiger partial charge in [0.1, 0.15) is 0 Å². The van der Waals surface area contributed by atoms with Gasteiger partial charge in [-0.3, -0.25) is 4.79 Å². The minimum atomic E-state index is 0. The summed E-state index contributed by atoms with van der Waals surface area (Å²) >= 11 is 0. The minimum absolute atomic E-state index is 0. The lowest BCUT2D eigenvalue weighted by Crippen LogP contribution is -2.48. The fraction of sp³-hybridized carbons (Fsp3) is 0.900. The number of amides is 1. The van der Waals surface area contributed by atoms with Crippen molar-refractivity contribution in [2.24, 2.45) is 11.7 Å². The second-order valence-electron chi connectivity index (χ2n) is 4.38. The second-order valence-corrected chi connectivity index (χ2v) is 4.38. The Balaban J connectivity index is 0.00000112. The maximum atomic E-state index is 12.0. The number of nitrogens with zero attached hydrogens (tertiary/aromatic N) is 1. The lowest BCUT2D eigenvalue weighted by atomic mass is 10.0. The number of nitrogens with two attached hydrogens (primary N) is 1. The van der Waals surface area contributed by atoms with E-state index in [0.717, 1.165) is 45.4 Å². The first-order valence-corrected chi connectivity index (χ1v) is 5.52. The number of hydrogen-bond donors (Lipinski definition) is 2. The highest BCUT2D eigenvalue weighted by Crippen LogP contribution is 2.15. The Morgan fingerprint density at radius 3 is 2.80 bits per heavy atom.